The number of fused-ring (bicyclic) bond motifs is 3. The molecular weight excluding hydrogens is 422 g/mol. The molecule has 2 N–H and O–H groups in total. The van der Waals surface area contributed by atoms with E-state index >= 15 is 0 Å². The molecule has 1 aliphatic carbocycles. The van der Waals surface area contributed by atoms with Crippen molar-refractivity contribution in [2.45, 2.75) is 18.1 Å². The molecule has 0 aromatic heterocycles. The lowest BCUT2D eigenvalue weighted by Gasteiger charge is -2.23. The summed E-state index contributed by atoms with van der Waals surface area (Å²) < 4.78 is 15.4. The number of ether oxygens (including phenoxy) is 3. The zero-order valence-electron chi connectivity index (χ0n) is 18.4. The Labute approximate surface area is 191 Å². The Balaban J connectivity index is 1.46. The first-order chi connectivity index (χ1) is 16.0. The lowest BCUT2D eigenvalue weighted by molar-refractivity contribution is -0.146. The van der Waals surface area contributed by atoms with Gasteiger partial charge in [-0.25, -0.2) is 9.59 Å². The van der Waals surface area contributed by atoms with E-state index in [4.69, 9.17) is 14.2 Å². The Hall–Kier alpha value is -3.84. The number of carbonyl (C=O) groups is 2. The zero-order valence-corrected chi connectivity index (χ0v) is 18.4. The average Bonchev–Trinajstić information content (AvgIpc) is 3.19. The minimum atomic E-state index is -1.33. The van der Waals surface area contributed by atoms with E-state index in [1.807, 2.05) is 48.5 Å². The molecular formula is C26H25NO6. The number of alkyl carbamates (subject to hydrolysis) is 1. The summed E-state index contributed by atoms with van der Waals surface area (Å²) in [6.45, 7) is 0.0897. The maximum atomic E-state index is 12.6. The van der Waals surface area contributed by atoms with Gasteiger partial charge in [-0.15, -0.1) is 0 Å². The highest BCUT2D eigenvalue weighted by molar-refractivity contribution is 5.82. The Morgan fingerprint density at radius 2 is 1.48 bits per heavy atom. The Morgan fingerprint density at radius 3 is 2.03 bits per heavy atom. The fourth-order valence-electron chi connectivity index (χ4n) is 4.15. The van der Waals surface area contributed by atoms with Gasteiger partial charge in [0.25, 0.3) is 0 Å². The van der Waals surface area contributed by atoms with Crippen molar-refractivity contribution in [1.29, 1.82) is 0 Å². The van der Waals surface area contributed by atoms with Crippen LogP contribution in [0.3, 0.4) is 0 Å². The van der Waals surface area contributed by atoms with Gasteiger partial charge in [-0.3, -0.25) is 0 Å². The third-order valence-electron chi connectivity index (χ3n) is 5.85. The second kappa shape index (κ2) is 9.75. The summed E-state index contributed by atoms with van der Waals surface area (Å²) in [5.41, 5.74) is 4.81. The molecule has 7 heteroatoms. The van der Waals surface area contributed by atoms with Gasteiger partial charge in [-0.05, 0) is 39.9 Å². The molecule has 3 aromatic carbocycles. The summed E-state index contributed by atoms with van der Waals surface area (Å²) in [6.07, 6.45) is -2.15. The van der Waals surface area contributed by atoms with Crippen LogP contribution in [0.4, 0.5) is 4.79 Å². The molecule has 0 heterocycles. The van der Waals surface area contributed by atoms with Crippen LogP contribution in [0, 0.1) is 0 Å². The molecule has 1 aliphatic rings. The number of esters is 1. The molecule has 2 atom stereocenters. The molecule has 33 heavy (non-hydrogen) atoms. The summed E-state index contributed by atoms with van der Waals surface area (Å²) in [5, 5.41) is 13.2. The molecule has 7 nitrogen and oxygen atoms in total. The van der Waals surface area contributed by atoms with E-state index in [-0.39, 0.29) is 12.5 Å². The van der Waals surface area contributed by atoms with Crippen LogP contribution in [0.2, 0.25) is 0 Å². The second-order valence-electron chi connectivity index (χ2n) is 7.69. The van der Waals surface area contributed by atoms with Crippen LogP contribution in [-0.4, -0.2) is 44.0 Å². The molecule has 0 spiro atoms. The molecule has 0 fully saturated rings. The minimum absolute atomic E-state index is 0.0897. The van der Waals surface area contributed by atoms with E-state index in [2.05, 4.69) is 5.32 Å². The van der Waals surface area contributed by atoms with E-state index in [1.165, 1.54) is 14.2 Å². The predicted molar refractivity (Wildman–Crippen MR) is 122 cm³/mol. The van der Waals surface area contributed by atoms with Gasteiger partial charge in [0.1, 0.15) is 18.5 Å². The second-order valence-corrected chi connectivity index (χ2v) is 7.69. The molecule has 0 radical (unpaired) electrons. The number of amides is 1. The summed E-state index contributed by atoms with van der Waals surface area (Å²) in [4.78, 5) is 24.9. The first-order valence-electron chi connectivity index (χ1n) is 10.5. The van der Waals surface area contributed by atoms with Gasteiger partial charge in [0.15, 0.2) is 6.04 Å². The molecule has 0 aliphatic heterocycles. The third kappa shape index (κ3) is 4.54. The molecule has 0 saturated carbocycles. The largest absolute Gasteiger partial charge is 0.497 e. The molecule has 0 saturated heterocycles. The lowest BCUT2D eigenvalue weighted by Crippen LogP contribution is -2.46. The van der Waals surface area contributed by atoms with Gasteiger partial charge in [-0.2, -0.15) is 0 Å². The van der Waals surface area contributed by atoms with Crippen molar-refractivity contribution in [1.82, 2.24) is 5.32 Å². The SMILES string of the molecule is COC(=O)[C@@H](NC(=O)OCC1c2ccccc2-c2ccccc21)[C@H](O)c1ccc(OC)cc1. The Kier molecular flexibility index (Phi) is 6.60. The standard InChI is InChI=1S/C26H25NO6/c1-31-17-13-11-16(12-14-17)24(28)23(25(29)32-2)27-26(30)33-15-22-20-9-5-3-7-18(20)19-8-4-6-10-21(19)22/h3-14,22-24,28H,15H2,1-2H3,(H,27,30)/t23-,24+/m0/s1. The fourth-order valence-corrected chi connectivity index (χ4v) is 4.15. The zero-order chi connectivity index (χ0) is 23.4. The van der Waals surface area contributed by atoms with Crippen molar-refractivity contribution >= 4 is 12.1 Å². The predicted octanol–water partition coefficient (Wildman–Crippen LogP) is 3.81. The summed E-state index contributed by atoms with van der Waals surface area (Å²) >= 11 is 0. The van der Waals surface area contributed by atoms with Crippen LogP contribution in [0.25, 0.3) is 11.1 Å². The van der Waals surface area contributed by atoms with Crippen LogP contribution in [0.1, 0.15) is 28.7 Å². The van der Waals surface area contributed by atoms with Gasteiger partial charge in [0, 0.05) is 5.92 Å². The average molecular weight is 447 g/mol. The van der Waals surface area contributed by atoms with Crippen molar-refractivity contribution in [2.24, 2.45) is 0 Å². The molecule has 0 bridgehead atoms. The smallest absolute Gasteiger partial charge is 0.407 e. The lowest BCUT2D eigenvalue weighted by atomic mass is 9.98. The summed E-state index contributed by atoms with van der Waals surface area (Å²) in [7, 11) is 2.72. The number of aliphatic hydroxyl groups excluding tert-OH is 1. The molecule has 4 rings (SSSR count). The highest BCUT2D eigenvalue weighted by atomic mass is 16.6. The van der Waals surface area contributed by atoms with Gasteiger partial charge >= 0.3 is 12.1 Å². The van der Waals surface area contributed by atoms with Crippen molar-refractivity contribution in [3.8, 4) is 16.9 Å². The first-order valence-corrected chi connectivity index (χ1v) is 10.5. The van der Waals surface area contributed by atoms with Crippen LogP contribution in [-0.2, 0) is 14.3 Å². The number of methoxy groups -OCH3 is 2. The molecule has 170 valence electrons. The number of hydrogen-bond acceptors (Lipinski definition) is 6. The van der Waals surface area contributed by atoms with E-state index < -0.39 is 24.2 Å². The number of nitrogens with one attached hydrogen (secondary N) is 1. The maximum Gasteiger partial charge on any atom is 0.407 e. The van der Waals surface area contributed by atoms with Gasteiger partial charge in [0.05, 0.1) is 14.2 Å². The van der Waals surface area contributed by atoms with E-state index in [0.29, 0.717) is 11.3 Å². The van der Waals surface area contributed by atoms with Crippen molar-refractivity contribution < 1.29 is 28.9 Å². The van der Waals surface area contributed by atoms with Crippen LogP contribution in [0.15, 0.2) is 72.8 Å². The van der Waals surface area contributed by atoms with Crippen LogP contribution >= 0.6 is 0 Å². The number of rotatable bonds is 7. The van der Waals surface area contributed by atoms with E-state index in [1.54, 1.807) is 24.3 Å². The Bertz CT molecular complexity index is 1100. The monoisotopic (exact) mass is 447 g/mol. The first kappa shape index (κ1) is 22.4. The summed E-state index contributed by atoms with van der Waals surface area (Å²) in [5.74, 6) is -0.303. The minimum Gasteiger partial charge on any atom is -0.497 e. The third-order valence-corrected chi connectivity index (χ3v) is 5.85. The van der Waals surface area contributed by atoms with Crippen molar-refractivity contribution in [2.75, 3.05) is 20.8 Å². The van der Waals surface area contributed by atoms with Gasteiger partial charge < -0.3 is 24.6 Å². The van der Waals surface area contributed by atoms with E-state index in [0.717, 1.165) is 22.3 Å². The van der Waals surface area contributed by atoms with Crippen molar-refractivity contribution in [3.63, 3.8) is 0 Å². The van der Waals surface area contributed by atoms with Gasteiger partial charge in [0.2, 0.25) is 0 Å². The van der Waals surface area contributed by atoms with Crippen molar-refractivity contribution in [3.05, 3.63) is 89.5 Å². The summed E-state index contributed by atoms with van der Waals surface area (Å²) in [6, 6.07) is 21.2. The number of benzene rings is 3. The topological polar surface area (TPSA) is 94.1 Å². The molecule has 3 aromatic rings. The fraction of sp³-hybridized carbons (Fsp3) is 0.231. The maximum absolute atomic E-state index is 12.6. The molecule has 0 unspecified atom stereocenters. The van der Waals surface area contributed by atoms with Crippen LogP contribution < -0.4 is 10.1 Å². The number of hydrogen-bond donors (Lipinski definition) is 2. The highest BCUT2D eigenvalue weighted by Crippen LogP contribution is 2.44. The number of aliphatic hydroxyl groups is 1. The van der Waals surface area contributed by atoms with E-state index in [9.17, 15) is 14.7 Å². The normalized spacial score (nSPS) is 13.9. The number of carbonyl (C=O) groups excluding carboxylic acids is 2. The Morgan fingerprint density at radius 1 is 0.909 bits per heavy atom. The van der Waals surface area contributed by atoms with Crippen LogP contribution in [0.5, 0.6) is 5.75 Å². The van der Waals surface area contributed by atoms with Gasteiger partial charge in [-0.1, -0.05) is 60.7 Å². The molecule has 1 amide bonds. The highest BCUT2D eigenvalue weighted by Gasteiger charge is 2.33. The quantitative estimate of drug-likeness (QED) is 0.535.